The molecule has 1 heterocycles. The average Bonchev–Trinajstić information content (AvgIpc) is 2.53. The second-order valence-electron chi connectivity index (χ2n) is 7.34. The van der Waals surface area contributed by atoms with Crippen LogP contribution in [0.4, 0.5) is 23.0 Å². The second kappa shape index (κ2) is 8.60. The summed E-state index contributed by atoms with van der Waals surface area (Å²) < 4.78 is 0. The minimum atomic E-state index is -0.402. The van der Waals surface area contributed by atoms with Gasteiger partial charge in [0.1, 0.15) is 6.33 Å². The monoisotopic (exact) mass is 357 g/mol. The Morgan fingerprint density at radius 3 is 2.35 bits per heavy atom. The van der Waals surface area contributed by atoms with Gasteiger partial charge in [0.15, 0.2) is 0 Å². The van der Waals surface area contributed by atoms with E-state index in [0.717, 1.165) is 11.3 Å². The van der Waals surface area contributed by atoms with E-state index in [4.69, 9.17) is 0 Å². The van der Waals surface area contributed by atoms with Crippen molar-refractivity contribution in [2.45, 2.75) is 34.6 Å². The van der Waals surface area contributed by atoms with Gasteiger partial charge in [0.05, 0.1) is 4.92 Å². The van der Waals surface area contributed by atoms with E-state index < -0.39 is 4.92 Å². The molecule has 0 saturated carbocycles. The lowest BCUT2D eigenvalue weighted by atomic mass is 10.1. The first-order chi connectivity index (χ1) is 12.3. The smallest absolute Gasteiger partial charge is 0.350 e. The number of hydrogen-bond acceptors (Lipinski definition) is 6. The van der Waals surface area contributed by atoms with E-state index in [2.05, 4.69) is 43.0 Å². The Morgan fingerprint density at radius 1 is 1.15 bits per heavy atom. The van der Waals surface area contributed by atoms with Gasteiger partial charge in [-0.2, -0.15) is 0 Å². The molecule has 0 aliphatic heterocycles. The number of aromatic nitrogens is 2. The average molecular weight is 357 g/mol. The van der Waals surface area contributed by atoms with E-state index in [1.165, 1.54) is 6.33 Å². The highest BCUT2D eigenvalue weighted by atomic mass is 16.6. The lowest BCUT2D eigenvalue weighted by Crippen LogP contribution is -2.32. The molecule has 0 radical (unpaired) electrons. The molecule has 2 aromatic rings. The summed E-state index contributed by atoms with van der Waals surface area (Å²) in [4.78, 5) is 21.8. The van der Waals surface area contributed by atoms with Gasteiger partial charge in [-0.05, 0) is 36.5 Å². The van der Waals surface area contributed by atoms with E-state index in [0.29, 0.717) is 30.7 Å². The molecule has 0 unspecified atom stereocenters. The maximum absolute atomic E-state index is 11.8. The maximum atomic E-state index is 11.8. The predicted octanol–water partition coefficient (Wildman–Crippen LogP) is 4.56. The van der Waals surface area contributed by atoms with Crippen molar-refractivity contribution in [3.63, 3.8) is 0 Å². The molecular formula is C19H27N5O2. The van der Waals surface area contributed by atoms with Crippen LogP contribution in [0.3, 0.4) is 0 Å². The molecule has 0 saturated heterocycles. The number of anilines is 3. The highest BCUT2D eigenvalue weighted by molar-refractivity contribution is 5.74. The maximum Gasteiger partial charge on any atom is 0.353 e. The number of nitrogens with zero attached hydrogens (tertiary/aromatic N) is 4. The fourth-order valence-electron chi connectivity index (χ4n) is 2.85. The van der Waals surface area contributed by atoms with Crippen molar-refractivity contribution in [1.29, 1.82) is 0 Å². The van der Waals surface area contributed by atoms with Gasteiger partial charge in [0.25, 0.3) is 0 Å². The van der Waals surface area contributed by atoms with Gasteiger partial charge in [-0.3, -0.25) is 10.1 Å². The Morgan fingerprint density at radius 2 is 1.81 bits per heavy atom. The molecule has 0 bridgehead atoms. The number of nitro groups is 1. The summed E-state index contributed by atoms with van der Waals surface area (Å²) in [5.74, 6) is 1.29. The van der Waals surface area contributed by atoms with Gasteiger partial charge in [-0.15, -0.1) is 0 Å². The molecule has 140 valence electrons. The minimum absolute atomic E-state index is 0.0877. The summed E-state index contributed by atoms with van der Waals surface area (Å²) in [6, 6.07) is 7.65. The molecule has 1 aromatic heterocycles. The van der Waals surface area contributed by atoms with Crippen LogP contribution in [-0.4, -0.2) is 28.0 Å². The van der Waals surface area contributed by atoms with Crippen LogP contribution in [0.5, 0.6) is 0 Å². The van der Waals surface area contributed by atoms with Crippen LogP contribution >= 0.6 is 0 Å². The lowest BCUT2D eigenvalue weighted by molar-refractivity contribution is -0.383. The van der Waals surface area contributed by atoms with Crippen molar-refractivity contribution >= 4 is 23.0 Å². The highest BCUT2D eigenvalue weighted by Crippen LogP contribution is 2.34. The number of hydrogen-bond donors (Lipinski definition) is 1. The summed E-state index contributed by atoms with van der Waals surface area (Å²) in [6.07, 6.45) is 1.38. The van der Waals surface area contributed by atoms with Crippen molar-refractivity contribution in [3.05, 3.63) is 46.3 Å². The molecule has 0 amide bonds. The highest BCUT2D eigenvalue weighted by Gasteiger charge is 2.28. The topological polar surface area (TPSA) is 84.2 Å². The Labute approximate surface area is 154 Å². The van der Waals surface area contributed by atoms with Crippen LogP contribution in [0.25, 0.3) is 0 Å². The van der Waals surface area contributed by atoms with Gasteiger partial charge < -0.3 is 10.2 Å². The van der Waals surface area contributed by atoms with Gasteiger partial charge in [0, 0.05) is 18.8 Å². The molecule has 0 spiro atoms. The molecule has 0 fully saturated rings. The van der Waals surface area contributed by atoms with Crippen LogP contribution in [0.15, 0.2) is 30.6 Å². The summed E-state index contributed by atoms with van der Waals surface area (Å²) in [5, 5.41) is 14.9. The van der Waals surface area contributed by atoms with Crippen molar-refractivity contribution in [1.82, 2.24) is 9.97 Å². The third-order valence-corrected chi connectivity index (χ3v) is 3.74. The SMILES string of the molecule is Cc1cccc(Nc2ncnc(N(CC(C)C)CC(C)C)c2[N+](=O)[O-])c1. The molecule has 7 nitrogen and oxygen atoms in total. The largest absolute Gasteiger partial charge is 0.353 e. The van der Waals surface area contributed by atoms with E-state index in [9.17, 15) is 10.1 Å². The number of aryl methyl sites for hydroxylation is 1. The fraction of sp³-hybridized carbons (Fsp3) is 0.474. The summed E-state index contributed by atoms with van der Waals surface area (Å²) >= 11 is 0. The van der Waals surface area contributed by atoms with Crippen LogP contribution < -0.4 is 10.2 Å². The van der Waals surface area contributed by atoms with Crippen molar-refractivity contribution < 1.29 is 4.92 Å². The van der Waals surface area contributed by atoms with Crippen LogP contribution in [0.1, 0.15) is 33.3 Å². The first-order valence-corrected chi connectivity index (χ1v) is 8.86. The Balaban J connectivity index is 2.47. The molecule has 26 heavy (non-hydrogen) atoms. The zero-order valence-electron chi connectivity index (χ0n) is 16.1. The molecule has 0 atom stereocenters. The summed E-state index contributed by atoms with van der Waals surface area (Å²) in [6.45, 7) is 11.7. The molecule has 1 N–H and O–H groups in total. The molecular weight excluding hydrogens is 330 g/mol. The van der Waals surface area contributed by atoms with Gasteiger partial charge in [-0.1, -0.05) is 39.8 Å². The van der Waals surface area contributed by atoms with Crippen LogP contribution in [0.2, 0.25) is 0 Å². The number of rotatable bonds is 8. The standard InChI is InChI=1S/C19H27N5O2/c1-13(2)10-23(11-14(3)4)19-17(24(25)26)18(20-12-21-19)22-16-8-6-7-15(5)9-16/h6-9,12-14H,10-11H2,1-5H3,(H,20,21,22). The number of nitrogens with one attached hydrogen (secondary N) is 1. The molecule has 0 aliphatic rings. The molecule has 0 aliphatic carbocycles. The van der Waals surface area contributed by atoms with E-state index >= 15 is 0 Å². The minimum Gasteiger partial charge on any atom is -0.350 e. The zero-order valence-corrected chi connectivity index (χ0v) is 16.1. The molecule has 1 aromatic carbocycles. The second-order valence-corrected chi connectivity index (χ2v) is 7.34. The van der Waals surface area contributed by atoms with Gasteiger partial charge in [0.2, 0.25) is 11.6 Å². The number of benzene rings is 1. The van der Waals surface area contributed by atoms with Crippen LogP contribution in [0, 0.1) is 28.9 Å². The van der Waals surface area contributed by atoms with Crippen molar-refractivity contribution in [3.8, 4) is 0 Å². The van der Waals surface area contributed by atoms with Crippen molar-refractivity contribution in [2.75, 3.05) is 23.3 Å². The van der Waals surface area contributed by atoms with E-state index in [-0.39, 0.29) is 11.5 Å². The first-order valence-electron chi connectivity index (χ1n) is 8.86. The Bertz CT molecular complexity index is 751. The fourth-order valence-corrected chi connectivity index (χ4v) is 2.85. The van der Waals surface area contributed by atoms with Crippen LogP contribution in [-0.2, 0) is 0 Å². The molecule has 7 heteroatoms. The lowest BCUT2D eigenvalue weighted by Gasteiger charge is -2.27. The van der Waals surface area contributed by atoms with Gasteiger partial charge in [-0.25, -0.2) is 9.97 Å². The van der Waals surface area contributed by atoms with Crippen molar-refractivity contribution in [2.24, 2.45) is 11.8 Å². The summed E-state index contributed by atoms with van der Waals surface area (Å²) in [7, 11) is 0. The van der Waals surface area contributed by atoms with E-state index in [1.807, 2.05) is 36.1 Å². The third kappa shape index (κ3) is 5.15. The Kier molecular flexibility index (Phi) is 6.49. The third-order valence-electron chi connectivity index (χ3n) is 3.74. The first kappa shape index (κ1) is 19.6. The quantitative estimate of drug-likeness (QED) is 0.551. The zero-order chi connectivity index (χ0) is 19.3. The summed E-state index contributed by atoms with van der Waals surface area (Å²) in [5.41, 5.74) is 1.74. The predicted molar refractivity (Wildman–Crippen MR) is 105 cm³/mol. The molecule has 2 rings (SSSR count). The Hall–Kier alpha value is -2.70. The van der Waals surface area contributed by atoms with E-state index in [1.54, 1.807) is 0 Å². The van der Waals surface area contributed by atoms with Gasteiger partial charge >= 0.3 is 5.69 Å². The normalized spacial score (nSPS) is 11.0.